The first-order valence-electron chi connectivity index (χ1n) is 6.64. The quantitative estimate of drug-likeness (QED) is 0.778. The van der Waals surface area contributed by atoms with E-state index in [1.165, 1.54) is 0 Å². The maximum absolute atomic E-state index is 12.1. The molecule has 0 spiro atoms. The molecule has 0 aromatic carbocycles. The molecule has 0 radical (unpaired) electrons. The first-order chi connectivity index (χ1) is 9.69. The highest BCUT2D eigenvalue weighted by atomic mass is 32.2. The Morgan fingerprint density at radius 1 is 1.29 bits per heavy atom. The minimum absolute atomic E-state index is 0.0785. The molecule has 0 aromatic rings. The Labute approximate surface area is 122 Å². The second-order valence-corrected chi connectivity index (χ2v) is 6.57. The summed E-state index contributed by atoms with van der Waals surface area (Å²) in [7, 11) is -4.13. The van der Waals surface area contributed by atoms with Crippen LogP contribution in [0.25, 0.3) is 0 Å². The zero-order valence-corrected chi connectivity index (χ0v) is 12.5. The number of alkyl halides is 3. The Hall–Kier alpha value is -0.890. The van der Waals surface area contributed by atoms with Gasteiger partial charge in [0.15, 0.2) is 0 Å². The van der Waals surface area contributed by atoms with Crippen LogP contribution in [0.3, 0.4) is 0 Å². The van der Waals surface area contributed by atoms with Gasteiger partial charge in [-0.1, -0.05) is 13.3 Å². The highest BCUT2D eigenvalue weighted by molar-refractivity contribution is 7.87. The molecule has 0 aliphatic carbocycles. The molecular weight excluding hydrogens is 309 g/mol. The summed E-state index contributed by atoms with van der Waals surface area (Å²) in [6.07, 6.45) is -3.05. The summed E-state index contributed by atoms with van der Waals surface area (Å²) in [6.45, 7) is 1.21. The number of rotatable bonds is 6. The van der Waals surface area contributed by atoms with E-state index in [9.17, 15) is 21.6 Å². The lowest BCUT2D eigenvalue weighted by atomic mass is 10.1. The molecule has 1 heterocycles. The third-order valence-electron chi connectivity index (χ3n) is 3.22. The second-order valence-electron chi connectivity index (χ2n) is 4.81. The highest BCUT2D eigenvalue weighted by Gasteiger charge is 2.34. The molecule has 1 aliphatic heterocycles. The summed E-state index contributed by atoms with van der Waals surface area (Å²) >= 11 is 0. The number of nitriles is 1. The minimum Gasteiger partial charge on any atom is -0.285 e. The number of nitrogens with one attached hydrogen (secondary N) is 1. The van der Waals surface area contributed by atoms with Crippen molar-refractivity contribution in [3.05, 3.63) is 0 Å². The lowest BCUT2D eigenvalue weighted by Gasteiger charge is -2.36. The van der Waals surface area contributed by atoms with Crippen LogP contribution in [0.4, 0.5) is 13.2 Å². The summed E-state index contributed by atoms with van der Waals surface area (Å²) in [6, 6.07) is 1.89. The normalized spacial score (nSPS) is 20.1. The van der Waals surface area contributed by atoms with E-state index in [0.29, 0.717) is 19.5 Å². The highest BCUT2D eigenvalue weighted by Crippen LogP contribution is 2.15. The van der Waals surface area contributed by atoms with Gasteiger partial charge < -0.3 is 0 Å². The molecule has 1 N–H and O–H groups in total. The molecule has 1 aliphatic rings. The zero-order chi connectivity index (χ0) is 16.1. The molecular formula is C11H19F3N4O2S. The molecule has 1 unspecified atom stereocenters. The van der Waals surface area contributed by atoms with E-state index < -0.39 is 22.9 Å². The van der Waals surface area contributed by atoms with E-state index in [4.69, 9.17) is 5.26 Å². The Morgan fingerprint density at radius 2 is 1.86 bits per heavy atom. The molecule has 1 rings (SSSR count). The summed E-state index contributed by atoms with van der Waals surface area (Å²) < 4.78 is 62.2. The molecule has 1 fully saturated rings. The molecule has 10 heteroatoms. The van der Waals surface area contributed by atoms with Crippen molar-refractivity contribution in [1.29, 1.82) is 5.26 Å². The van der Waals surface area contributed by atoms with Gasteiger partial charge in [0, 0.05) is 26.2 Å². The Morgan fingerprint density at radius 3 is 2.29 bits per heavy atom. The SMILES string of the molecule is CCCC(C#N)N1CCN(S(=O)(=O)NCC(F)(F)F)CC1. The fourth-order valence-corrected chi connectivity index (χ4v) is 3.29. The first-order valence-corrected chi connectivity index (χ1v) is 8.08. The van der Waals surface area contributed by atoms with Crippen molar-refractivity contribution in [3.8, 4) is 6.07 Å². The molecule has 0 saturated carbocycles. The zero-order valence-electron chi connectivity index (χ0n) is 11.7. The smallest absolute Gasteiger partial charge is 0.285 e. The van der Waals surface area contributed by atoms with Gasteiger partial charge in [0.2, 0.25) is 0 Å². The van der Waals surface area contributed by atoms with Gasteiger partial charge in [-0.2, -0.15) is 35.9 Å². The number of piperazine rings is 1. The van der Waals surface area contributed by atoms with Crippen molar-refractivity contribution in [2.45, 2.75) is 32.0 Å². The van der Waals surface area contributed by atoms with Crippen LogP contribution in [0.15, 0.2) is 0 Å². The summed E-state index contributed by atoms with van der Waals surface area (Å²) in [5.41, 5.74) is 0. The second kappa shape index (κ2) is 7.40. The van der Waals surface area contributed by atoms with E-state index in [0.717, 1.165) is 10.7 Å². The summed E-state index contributed by atoms with van der Waals surface area (Å²) in [5.74, 6) is 0. The third kappa shape index (κ3) is 5.78. The van der Waals surface area contributed by atoms with Gasteiger partial charge in [0.25, 0.3) is 10.2 Å². The Kier molecular flexibility index (Phi) is 6.40. The Balaban J connectivity index is 2.54. The predicted octanol–water partition coefficient (Wildman–Crippen LogP) is 0.693. The number of hydrogen-bond acceptors (Lipinski definition) is 4. The monoisotopic (exact) mass is 328 g/mol. The van der Waals surface area contributed by atoms with Gasteiger partial charge in [-0.15, -0.1) is 0 Å². The Bertz CT molecular complexity index is 467. The van der Waals surface area contributed by atoms with Crippen LogP contribution in [-0.2, 0) is 10.2 Å². The molecule has 21 heavy (non-hydrogen) atoms. The van der Waals surface area contributed by atoms with Crippen LogP contribution >= 0.6 is 0 Å². The average molecular weight is 328 g/mol. The minimum atomic E-state index is -4.58. The lowest BCUT2D eigenvalue weighted by molar-refractivity contribution is -0.121. The van der Waals surface area contributed by atoms with Crippen molar-refractivity contribution in [2.24, 2.45) is 0 Å². The molecule has 0 amide bonds. The molecule has 122 valence electrons. The molecule has 0 aromatic heterocycles. The van der Waals surface area contributed by atoms with Crippen LogP contribution in [0.2, 0.25) is 0 Å². The van der Waals surface area contributed by atoms with E-state index in [2.05, 4.69) is 6.07 Å². The van der Waals surface area contributed by atoms with Crippen molar-refractivity contribution in [3.63, 3.8) is 0 Å². The van der Waals surface area contributed by atoms with Crippen LogP contribution in [0, 0.1) is 11.3 Å². The fraction of sp³-hybridized carbons (Fsp3) is 0.909. The van der Waals surface area contributed by atoms with Gasteiger partial charge in [-0.05, 0) is 6.42 Å². The maximum Gasteiger partial charge on any atom is 0.402 e. The molecule has 0 bridgehead atoms. The fourth-order valence-electron chi connectivity index (χ4n) is 2.12. The van der Waals surface area contributed by atoms with Crippen molar-refractivity contribution in [2.75, 3.05) is 32.7 Å². The third-order valence-corrected chi connectivity index (χ3v) is 4.77. The lowest BCUT2D eigenvalue weighted by Crippen LogP contribution is -2.54. The van der Waals surface area contributed by atoms with Crippen molar-refractivity contribution in [1.82, 2.24) is 13.9 Å². The van der Waals surface area contributed by atoms with E-state index >= 15 is 0 Å². The van der Waals surface area contributed by atoms with Crippen molar-refractivity contribution >= 4 is 10.2 Å². The number of halogens is 3. The van der Waals surface area contributed by atoms with Crippen LogP contribution in [0.5, 0.6) is 0 Å². The van der Waals surface area contributed by atoms with Gasteiger partial charge in [-0.3, -0.25) is 4.90 Å². The molecule has 1 saturated heterocycles. The van der Waals surface area contributed by atoms with Gasteiger partial charge >= 0.3 is 6.18 Å². The van der Waals surface area contributed by atoms with Crippen LogP contribution in [-0.4, -0.2) is 62.6 Å². The molecule has 6 nitrogen and oxygen atoms in total. The number of nitrogens with zero attached hydrogens (tertiary/aromatic N) is 3. The van der Waals surface area contributed by atoms with Crippen LogP contribution < -0.4 is 4.72 Å². The van der Waals surface area contributed by atoms with E-state index in [1.807, 2.05) is 11.8 Å². The predicted molar refractivity (Wildman–Crippen MR) is 70.4 cm³/mol. The first kappa shape index (κ1) is 18.2. The summed E-state index contributed by atoms with van der Waals surface area (Å²) in [4.78, 5) is 1.86. The van der Waals surface area contributed by atoms with E-state index in [-0.39, 0.29) is 19.1 Å². The topological polar surface area (TPSA) is 76.4 Å². The maximum atomic E-state index is 12.1. The summed E-state index contributed by atoms with van der Waals surface area (Å²) in [5, 5.41) is 9.05. The van der Waals surface area contributed by atoms with Gasteiger partial charge in [0.1, 0.15) is 6.54 Å². The van der Waals surface area contributed by atoms with Gasteiger partial charge in [-0.25, -0.2) is 0 Å². The largest absolute Gasteiger partial charge is 0.402 e. The standard InChI is InChI=1S/C11H19F3N4O2S/c1-2-3-10(8-15)17-4-6-18(7-5-17)21(19,20)16-9-11(12,13)14/h10,16H,2-7,9H2,1H3. The molecule has 1 atom stereocenters. The van der Waals surface area contributed by atoms with Crippen molar-refractivity contribution < 1.29 is 21.6 Å². The van der Waals surface area contributed by atoms with E-state index in [1.54, 1.807) is 4.72 Å². The van der Waals surface area contributed by atoms with Gasteiger partial charge in [0.05, 0.1) is 12.1 Å². The number of hydrogen-bond donors (Lipinski definition) is 1. The average Bonchev–Trinajstić information content (AvgIpc) is 2.42. The van der Waals surface area contributed by atoms with Crippen LogP contribution in [0.1, 0.15) is 19.8 Å².